The minimum atomic E-state index is -3.49. The van der Waals surface area contributed by atoms with E-state index in [-0.39, 0.29) is 29.4 Å². The maximum absolute atomic E-state index is 12.4. The number of rotatable bonds is 7. The van der Waals surface area contributed by atoms with E-state index in [9.17, 15) is 18.0 Å². The maximum Gasteiger partial charge on any atom is 0.251 e. The highest BCUT2D eigenvalue weighted by molar-refractivity contribution is 7.91. The molecule has 1 aliphatic carbocycles. The zero-order valence-electron chi connectivity index (χ0n) is 16.0. The molecule has 9 heteroatoms. The Labute approximate surface area is 179 Å². The summed E-state index contributed by atoms with van der Waals surface area (Å²) >= 11 is 7.18. The highest BCUT2D eigenvalue weighted by Crippen LogP contribution is 2.39. The van der Waals surface area contributed by atoms with Crippen LogP contribution in [0.3, 0.4) is 0 Å². The summed E-state index contributed by atoms with van der Waals surface area (Å²) in [5.41, 5.74) is 6.90. The smallest absolute Gasteiger partial charge is 0.251 e. The molecule has 0 fully saturated rings. The topological polar surface area (TPSA) is 106 Å². The number of nitrogens with two attached hydrogens (primary N) is 1. The maximum atomic E-state index is 12.4. The molecule has 3 N–H and O–H groups in total. The molecule has 0 aliphatic heterocycles. The largest absolute Gasteiger partial charge is 0.365 e. The molecule has 0 unspecified atom stereocenters. The first-order valence-electron chi connectivity index (χ1n) is 9.40. The molecule has 0 radical (unpaired) electrons. The molecular weight excluding hydrogens is 432 g/mol. The van der Waals surface area contributed by atoms with Crippen LogP contribution in [0.1, 0.15) is 47.0 Å². The number of anilines is 1. The zero-order chi connectivity index (χ0) is 21.2. The lowest BCUT2D eigenvalue weighted by atomic mass is 9.88. The third-order valence-electron chi connectivity index (χ3n) is 5.00. The van der Waals surface area contributed by atoms with Crippen LogP contribution in [0.5, 0.6) is 0 Å². The van der Waals surface area contributed by atoms with Crippen LogP contribution in [0, 0.1) is 5.92 Å². The van der Waals surface area contributed by atoms with Gasteiger partial charge in [0.1, 0.15) is 5.00 Å². The van der Waals surface area contributed by atoms with E-state index >= 15 is 0 Å². The highest BCUT2D eigenvalue weighted by atomic mass is 35.5. The average molecular weight is 455 g/mol. The Morgan fingerprint density at radius 2 is 1.97 bits per heavy atom. The van der Waals surface area contributed by atoms with Gasteiger partial charge in [-0.3, -0.25) is 9.59 Å². The lowest BCUT2D eigenvalue weighted by Crippen LogP contribution is -2.19. The fraction of sp³-hybridized carbons (Fsp3) is 0.400. The number of hydrogen-bond acceptors (Lipinski definition) is 5. The van der Waals surface area contributed by atoms with Crippen molar-refractivity contribution < 1.29 is 18.0 Å². The Bertz CT molecular complexity index is 1030. The van der Waals surface area contributed by atoms with E-state index in [1.54, 1.807) is 0 Å². The highest BCUT2D eigenvalue weighted by Gasteiger charge is 2.27. The van der Waals surface area contributed by atoms with Gasteiger partial charge in [-0.2, -0.15) is 0 Å². The third kappa shape index (κ3) is 5.18. The van der Waals surface area contributed by atoms with Crippen molar-refractivity contribution in [3.63, 3.8) is 0 Å². The van der Waals surface area contributed by atoms with Gasteiger partial charge in [-0.05, 0) is 61.4 Å². The molecule has 1 aromatic carbocycles. The number of benzene rings is 1. The second-order valence-corrected chi connectivity index (χ2v) is 11.0. The van der Waals surface area contributed by atoms with Crippen molar-refractivity contribution in [3.8, 4) is 0 Å². The van der Waals surface area contributed by atoms with Crippen molar-refractivity contribution in [2.24, 2.45) is 11.7 Å². The first-order chi connectivity index (χ1) is 13.7. The molecule has 1 aromatic heterocycles. The van der Waals surface area contributed by atoms with Gasteiger partial charge >= 0.3 is 0 Å². The van der Waals surface area contributed by atoms with Gasteiger partial charge in [0, 0.05) is 16.3 Å². The number of primary amides is 1. The molecule has 1 heterocycles. The molecule has 6 nitrogen and oxygen atoms in total. The molecule has 29 heavy (non-hydrogen) atoms. The number of halogens is 1. The quantitative estimate of drug-likeness (QED) is 0.663. The van der Waals surface area contributed by atoms with Gasteiger partial charge in [-0.15, -0.1) is 11.3 Å². The minimum Gasteiger partial charge on any atom is -0.365 e. The van der Waals surface area contributed by atoms with Crippen LogP contribution in [-0.2, 0) is 27.5 Å². The Balaban J connectivity index is 1.63. The predicted molar refractivity (Wildman–Crippen MR) is 115 cm³/mol. The van der Waals surface area contributed by atoms with Gasteiger partial charge in [0.05, 0.1) is 16.2 Å². The van der Waals surface area contributed by atoms with Crippen LogP contribution in [0.15, 0.2) is 29.2 Å². The molecule has 0 saturated carbocycles. The van der Waals surface area contributed by atoms with Crippen LogP contribution in [0.2, 0.25) is 5.02 Å². The standard InChI is InChI=1S/C20H23ClN2O4S2/c1-12-4-9-15-16(11-12)28-20(18(15)19(22)25)23-17(24)3-2-10-29(26,27)14-7-5-13(21)6-8-14/h5-8,12H,2-4,9-11H2,1H3,(H2,22,25)(H,23,24)/t12-/m0/s1. The van der Waals surface area contributed by atoms with E-state index in [0.29, 0.717) is 21.5 Å². The normalized spacial score (nSPS) is 16.3. The van der Waals surface area contributed by atoms with E-state index in [1.165, 1.54) is 35.6 Å². The van der Waals surface area contributed by atoms with Crippen LogP contribution in [-0.4, -0.2) is 26.0 Å². The summed E-state index contributed by atoms with van der Waals surface area (Å²) in [5, 5.41) is 3.70. The lowest BCUT2D eigenvalue weighted by Gasteiger charge is -2.18. The van der Waals surface area contributed by atoms with Crippen molar-refractivity contribution in [1.29, 1.82) is 0 Å². The van der Waals surface area contributed by atoms with Gasteiger partial charge in [-0.25, -0.2) is 8.42 Å². The fourth-order valence-electron chi connectivity index (χ4n) is 3.47. The number of fused-ring (bicyclic) bond motifs is 1. The van der Waals surface area contributed by atoms with Gasteiger partial charge in [-0.1, -0.05) is 18.5 Å². The van der Waals surface area contributed by atoms with Crippen LogP contribution >= 0.6 is 22.9 Å². The summed E-state index contributed by atoms with van der Waals surface area (Å²) in [6.07, 6.45) is 2.84. The summed E-state index contributed by atoms with van der Waals surface area (Å²) in [6, 6.07) is 5.94. The van der Waals surface area contributed by atoms with Crippen LogP contribution < -0.4 is 11.1 Å². The molecule has 0 spiro atoms. The van der Waals surface area contributed by atoms with Crippen molar-refractivity contribution >= 4 is 49.6 Å². The zero-order valence-corrected chi connectivity index (χ0v) is 18.4. The van der Waals surface area contributed by atoms with Crippen molar-refractivity contribution in [2.45, 2.75) is 43.9 Å². The van der Waals surface area contributed by atoms with E-state index in [0.717, 1.165) is 29.7 Å². The Morgan fingerprint density at radius 1 is 1.28 bits per heavy atom. The van der Waals surface area contributed by atoms with Gasteiger partial charge in [0.25, 0.3) is 5.91 Å². The van der Waals surface area contributed by atoms with Crippen molar-refractivity contribution in [1.82, 2.24) is 0 Å². The van der Waals surface area contributed by atoms with Crippen molar-refractivity contribution in [3.05, 3.63) is 45.3 Å². The molecular formula is C20H23ClN2O4S2. The minimum absolute atomic E-state index is 0.0317. The molecule has 3 rings (SSSR count). The lowest BCUT2D eigenvalue weighted by molar-refractivity contribution is -0.116. The number of amides is 2. The van der Waals surface area contributed by atoms with Gasteiger partial charge < -0.3 is 11.1 Å². The molecule has 0 saturated heterocycles. The third-order valence-corrected chi connectivity index (χ3v) is 8.24. The Morgan fingerprint density at radius 3 is 2.62 bits per heavy atom. The summed E-state index contributed by atoms with van der Waals surface area (Å²) < 4.78 is 24.7. The average Bonchev–Trinajstić information content (AvgIpc) is 2.98. The summed E-state index contributed by atoms with van der Waals surface area (Å²) in [7, 11) is -3.49. The molecule has 2 aromatic rings. The van der Waals surface area contributed by atoms with E-state index in [1.807, 2.05) is 0 Å². The molecule has 156 valence electrons. The molecule has 1 atom stereocenters. The number of carbonyl (C=O) groups is 2. The Hall–Kier alpha value is -1.90. The fourth-order valence-corrected chi connectivity index (χ4v) is 6.34. The number of carbonyl (C=O) groups excluding carboxylic acids is 2. The van der Waals surface area contributed by atoms with E-state index < -0.39 is 15.7 Å². The molecule has 2 amide bonds. The number of nitrogens with one attached hydrogen (secondary N) is 1. The Kier molecular flexibility index (Phi) is 6.65. The summed E-state index contributed by atoms with van der Waals surface area (Å²) in [6.45, 7) is 2.16. The second kappa shape index (κ2) is 8.85. The van der Waals surface area contributed by atoms with E-state index in [2.05, 4.69) is 12.2 Å². The van der Waals surface area contributed by atoms with Crippen molar-refractivity contribution in [2.75, 3.05) is 11.1 Å². The SMILES string of the molecule is C[C@H]1CCc2c(sc(NC(=O)CCCS(=O)(=O)c3ccc(Cl)cc3)c2C(N)=O)C1. The first kappa shape index (κ1) is 21.8. The second-order valence-electron chi connectivity index (χ2n) is 7.34. The molecule has 0 bridgehead atoms. The number of hydrogen-bond donors (Lipinski definition) is 2. The molecule has 1 aliphatic rings. The van der Waals surface area contributed by atoms with Crippen LogP contribution in [0.25, 0.3) is 0 Å². The van der Waals surface area contributed by atoms with Gasteiger partial charge in [0.15, 0.2) is 9.84 Å². The number of thiophene rings is 1. The van der Waals surface area contributed by atoms with E-state index in [4.69, 9.17) is 17.3 Å². The van der Waals surface area contributed by atoms with Crippen LogP contribution in [0.4, 0.5) is 5.00 Å². The van der Waals surface area contributed by atoms with Gasteiger partial charge in [0.2, 0.25) is 5.91 Å². The first-order valence-corrected chi connectivity index (χ1v) is 12.2. The monoisotopic (exact) mass is 454 g/mol. The predicted octanol–water partition coefficient (Wildman–Crippen LogP) is 3.82. The summed E-state index contributed by atoms with van der Waals surface area (Å²) in [5.74, 6) is -0.491. The number of sulfone groups is 1. The summed E-state index contributed by atoms with van der Waals surface area (Å²) in [4.78, 5) is 25.6.